The fraction of sp³-hybridized carbons (Fsp3) is 0.462. The van der Waals surface area contributed by atoms with E-state index in [1.54, 1.807) is 7.05 Å². The van der Waals surface area contributed by atoms with Gasteiger partial charge in [0.15, 0.2) is 0 Å². The molecule has 5 heteroatoms. The van der Waals surface area contributed by atoms with Gasteiger partial charge >= 0.3 is 0 Å². The summed E-state index contributed by atoms with van der Waals surface area (Å²) in [5.74, 6) is 5.56. The Bertz CT molecular complexity index is 387. The number of amides is 1. The zero-order valence-electron chi connectivity index (χ0n) is 10.7. The molecule has 0 saturated carbocycles. The molecular formula is C13H20N4O. The molecule has 0 spiro atoms. The second kappa shape index (κ2) is 5.95. The molecule has 1 amide bonds. The Labute approximate surface area is 108 Å². The number of hydrogen-bond acceptors (Lipinski definition) is 4. The highest BCUT2D eigenvalue weighted by Gasteiger charge is 2.29. The molecule has 0 bridgehead atoms. The van der Waals surface area contributed by atoms with Crippen LogP contribution in [0.5, 0.6) is 0 Å². The summed E-state index contributed by atoms with van der Waals surface area (Å²) in [4.78, 5) is 14.5. The fourth-order valence-electron chi connectivity index (χ4n) is 2.28. The van der Waals surface area contributed by atoms with E-state index in [-0.39, 0.29) is 11.9 Å². The summed E-state index contributed by atoms with van der Waals surface area (Å²) in [6.07, 6.45) is 0. The van der Waals surface area contributed by atoms with E-state index < -0.39 is 0 Å². The van der Waals surface area contributed by atoms with E-state index in [4.69, 9.17) is 5.84 Å². The molecule has 98 valence electrons. The molecule has 1 aromatic carbocycles. The van der Waals surface area contributed by atoms with E-state index in [2.05, 4.69) is 10.2 Å². The van der Waals surface area contributed by atoms with Crippen LogP contribution in [0.25, 0.3) is 0 Å². The van der Waals surface area contributed by atoms with Gasteiger partial charge in [-0.25, -0.2) is 5.84 Å². The molecule has 1 heterocycles. The number of carbonyl (C=O) groups excluding carboxylic acids is 1. The fourth-order valence-corrected chi connectivity index (χ4v) is 2.28. The van der Waals surface area contributed by atoms with Crippen molar-refractivity contribution in [3.05, 3.63) is 35.9 Å². The lowest BCUT2D eigenvalue weighted by atomic mass is 10.0. The normalized spacial score (nSPS) is 18.3. The number of carbonyl (C=O) groups is 1. The topological polar surface area (TPSA) is 61.6 Å². The van der Waals surface area contributed by atoms with Gasteiger partial charge in [-0.05, 0) is 5.56 Å². The summed E-state index contributed by atoms with van der Waals surface area (Å²) in [6, 6.07) is 9.54. The number of hydrogen-bond donors (Lipinski definition) is 2. The third-order valence-corrected chi connectivity index (χ3v) is 3.21. The molecule has 18 heavy (non-hydrogen) atoms. The minimum absolute atomic E-state index is 0.0666. The van der Waals surface area contributed by atoms with Gasteiger partial charge in [0.05, 0.1) is 0 Å². The van der Waals surface area contributed by atoms with Crippen molar-refractivity contribution in [2.24, 2.45) is 5.84 Å². The molecule has 1 aliphatic heterocycles. The van der Waals surface area contributed by atoms with Crippen LogP contribution in [-0.4, -0.2) is 49.0 Å². The molecule has 1 fully saturated rings. The van der Waals surface area contributed by atoms with Crippen LogP contribution in [0.1, 0.15) is 11.6 Å². The number of benzene rings is 1. The predicted molar refractivity (Wildman–Crippen MR) is 70.6 cm³/mol. The van der Waals surface area contributed by atoms with E-state index in [1.165, 1.54) is 5.01 Å². The van der Waals surface area contributed by atoms with Crippen molar-refractivity contribution in [1.29, 1.82) is 0 Å². The summed E-state index contributed by atoms with van der Waals surface area (Å²) >= 11 is 0. The smallest absolute Gasteiger partial charge is 0.258 e. The van der Waals surface area contributed by atoms with Crippen LogP contribution < -0.4 is 11.2 Å². The first-order valence-corrected chi connectivity index (χ1v) is 6.22. The van der Waals surface area contributed by atoms with Gasteiger partial charge in [0.25, 0.3) is 5.91 Å². The summed E-state index contributed by atoms with van der Waals surface area (Å²) in [7, 11) is 1.60. The van der Waals surface area contributed by atoms with Crippen molar-refractivity contribution in [3.63, 3.8) is 0 Å². The van der Waals surface area contributed by atoms with Crippen LogP contribution in [-0.2, 0) is 4.79 Å². The van der Waals surface area contributed by atoms with Gasteiger partial charge in [0, 0.05) is 33.2 Å². The molecule has 0 unspecified atom stereocenters. The number of piperazine rings is 1. The third-order valence-electron chi connectivity index (χ3n) is 3.21. The minimum atomic E-state index is -0.275. The van der Waals surface area contributed by atoms with Crippen molar-refractivity contribution in [3.8, 4) is 0 Å². The second-order valence-electron chi connectivity index (χ2n) is 4.55. The average molecular weight is 248 g/mol. The van der Waals surface area contributed by atoms with Crippen molar-refractivity contribution >= 4 is 5.91 Å². The second-order valence-corrected chi connectivity index (χ2v) is 4.55. The number of nitrogens with two attached hydrogens (primary N) is 1. The molecule has 3 N–H and O–H groups in total. The molecule has 5 nitrogen and oxygen atoms in total. The first-order valence-electron chi connectivity index (χ1n) is 6.22. The first kappa shape index (κ1) is 13.0. The molecule has 0 radical (unpaired) electrons. The van der Waals surface area contributed by atoms with Crippen LogP contribution >= 0.6 is 0 Å². The Morgan fingerprint density at radius 3 is 2.50 bits per heavy atom. The van der Waals surface area contributed by atoms with Crippen LogP contribution in [0.3, 0.4) is 0 Å². The lowest BCUT2D eigenvalue weighted by Gasteiger charge is -2.35. The van der Waals surface area contributed by atoms with Gasteiger partial charge in [-0.15, -0.1) is 0 Å². The van der Waals surface area contributed by atoms with Gasteiger partial charge < -0.3 is 5.32 Å². The standard InChI is InChI=1S/C13H20N4O/c1-16(14)13(18)12(11-5-3-2-4-6-11)17-9-7-15-8-10-17/h2-6,12,15H,7-10,14H2,1H3/t12-/m1/s1. The maximum atomic E-state index is 12.3. The summed E-state index contributed by atoms with van der Waals surface area (Å²) < 4.78 is 0. The lowest BCUT2D eigenvalue weighted by Crippen LogP contribution is -2.50. The number of likely N-dealkylation sites (N-methyl/N-ethyl adjacent to an activating group) is 1. The maximum Gasteiger partial charge on any atom is 0.258 e. The van der Waals surface area contributed by atoms with Gasteiger partial charge in [0.1, 0.15) is 6.04 Å². The first-order chi connectivity index (χ1) is 8.70. The summed E-state index contributed by atoms with van der Waals surface area (Å²) in [6.45, 7) is 3.54. The van der Waals surface area contributed by atoms with E-state index in [1.807, 2.05) is 30.3 Å². The Hall–Kier alpha value is -1.43. The lowest BCUT2D eigenvalue weighted by molar-refractivity contribution is -0.136. The molecule has 0 aromatic heterocycles. The highest BCUT2D eigenvalue weighted by molar-refractivity contribution is 5.82. The number of rotatable bonds is 3. The maximum absolute atomic E-state index is 12.3. The zero-order chi connectivity index (χ0) is 13.0. The number of nitrogens with one attached hydrogen (secondary N) is 1. The SMILES string of the molecule is CN(N)C(=O)[C@@H](c1ccccc1)N1CCNCC1. The molecular weight excluding hydrogens is 228 g/mol. The van der Waals surface area contributed by atoms with Crippen LogP contribution in [0.4, 0.5) is 0 Å². The molecule has 1 saturated heterocycles. The van der Waals surface area contributed by atoms with Gasteiger partial charge in [-0.2, -0.15) is 0 Å². The monoisotopic (exact) mass is 248 g/mol. The number of nitrogens with zero attached hydrogens (tertiary/aromatic N) is 2. The van der Waals surface area contributed by atoms with Crippen molar-refractivity contribution in [2.75, 3.05) is 33.2 Å². The molecule has 1 aromatic rings. The third kappa shape index (κ3) is 2.87. The average Bonchev–Trinajstić information content (AvgIpc) is 2.41. The van der Waals surface area contributed by atoms with E-state index in [9.17, 15) is 4.79 Å². The van der Waals surface area contributed by atoms with Crippen molar-refractivity contribution in [1.82, 2.24) is 15.2 Å². The quantitative estimate of drug-likeness (QED) is 0.448. The molecule has 1 aliphatic rings. The molecule has 2 rings (SSSR count). The van der Waals surface area contributed by atoms with E-state index in [0.29, 0.717) is 0 Å². The molecule has 0 aliphatic carbocycles. The Morgan fingerprint density at radius 1 is 1.33 bits per heavy atom. The van der Waals surface area contributed by atoms with E-state index in [0.717, 1.165) is 31.7 Å². The highest BCUT2D eigenvalue weighted by atomic mass is 16.2. The summed E-state index contributed by atoms with van der Waals surface area (Å²) in [5, 5.41) is 4.47. The zero-order valence-corrected chi connectivity index (χ0v) is 10.7. The van der Waals surface area contributed by atoms with Gasteiger partial charge in [-0.3, -0.25) is 14.7 Å². The number of hydrazine groups is 1. The van der Waals surface area contributed by atoms with Crippen LogP contribution in [0, 0.1) is 0 Å². The van der Waals surface area contributed by atoms with Crippen LogP contribution in [0.15, 0.2) is 30.3 Å². The van der Waals surface area contributed by atoms with Gasteiger partial charge in [0.2, 0.25) is 0 Å². The van der Waals surface area contributed by atoms with Crippen LogP contribution in [0.2, 0.25) is 0 Å². The van der Waals surface area contributed by atoms with Gasteiger partial charge in [-0.1, -0.05) is 30.3 Å². The Balaban J connectivity index is 2.25. The Kier molecular flexibility index (Phi) is 4.30. The minimum Gasteiger partial charge on any atom is -0.314 e. The highest BCUT2D eigenvalue weighted by Crippen LogP contribution is 2.22. The van der Waals surface area contributed by atoms with Crippen molar-refractivity contribution < 1.29 is 4.79 Å². The van der Waals surface area contributed by atoms with E-state index >= 15 is 0 Å². The molecule has 1 atom stereocenters. The predicted octanol–water partition coefficient (Wildman–Crippen LogP) is -0.0350. The largest absolute Gasteiger partial charge is 0.314 e. The van der Waals surface area contributed by atoms with Crippen molar-refractivity contribution in [2.45, 2.75) is 6.04 Å². The Morgan fingerprint density at radius 2 is 1.94 bits per heavy atom. The summed E-state index contributed by atoms with van der Waals surface area (Å²) in [5.41, 5.74) is 1.00.